The van der Waals surface area contributed by atoms with E-state index in [0.29, 0.717) is 6.04 Å². The molecule has 1 aliphatic rings. The zero-order chi connectivity index (χ0) is 12.2. The van der Waals surface area contributed by atoms with Crippen LogP contribution in [0.15, 0.2) is 0 Å². The molecule has 0 aromatic carbocycles. The van der Waals surface area contributed by atoms with Gasteiger partial charge in [-0.2, -0.15) is 0 Å². The van der Waals surface area contributed by atoms with Crippen molar-refractivity contribution in [2.45, 2.75) is 39.7 Å². The van der Waals surface area contributed by atoms with Crippen LogP contribution in [-0.4, -0.2) is 55.4 Å². The quantitative estimate of drug-likeness (QED) is 0.666. The van der Waals surface area contributed by atoms with Crippen molar-refractivity contribution >= 4 is 6.29 Å². The summed E-state index contributed by atoms with van der Waals surface area (Å²) in [6.07, 6.45) is 3.54. The first-order valence-electron chi connectivity index (χ1n) is 6.37. The van der Waals surface area contributed by atoms with Crippen LogP contribution in [0.4, 0.5) is 0 Å². The van der Waals surface area contributed by atoms with E-state index in [1.54, 1.807) is 0 Å². The SMILES string of the molecule is CCN1CCC(N(C)CC(C)(C)C=O)CC1. The minimum atomic E-state index is -0.212. The van der Waals surface area contributed by atoms with Gasteiger partial charge in [-0.3, -0.25) is 0 Å². The first-order valence-corrected chi connectivity index (χ1v) is 6.37. The Morgan fingerprint density at radius 3 is 2.38 bits per heavy atom. The Morgan fingerprint density at radius 1 is 1.38 bits per heavy atom. The number of likely N-dealkylation sites (tertiary alicyclic amines) is 1. The van der Waals surface area contributed by atoms with Gasteiger partial charge in [0, 0.05) is 18.0 Å². The first kappa shape index (κ1) is 13.7. The molecule has 1 aliphatic heterocycles. The summed E-state index contributed by atoms with van der Waals surface area (Å²) in [6, 6.07) is 0.655. The fourth-order valence-electron chi connectivity index (χ4n) is 2.49. The number of hydrogen-bond acceptors (Lipinski definition) is 3. The van der Waals surface area contributed by atoms with Crippen molar-refractivity contribution in [2.75, 3.05) is 33.2 Å². The summed E-state index contributed by atoms with van der Waals surface area (Å²) in [4.78, 5) is 15.8. The van der Waals surface area contributed by atoms with Gasteiger partial charge in [0.05, 0.1) is 0 Å². The van der Waals surface area contributed by atoms with E-state index >= 15 is 0 Å². The molecule has 0 spiro atoms. The Balaban J connectivity index is 2.38. The second kappa shape index (κ2) is 5.78. The molecule has 0 N–H and O–H groups in total. The Labute approximate surface area is 99.8 Å². The van der Waals surface area contributed by atoms with Crippen molar-refractivity contribution in [3.63, 3.8) is 0 Å². The van der Waals surface area contributed by atoms with Gasteiger partial charge in [-0.15, -0.1) is 0 Å². The second-order valence-corrected chi connectivity index (χ2v) is 5.69. The van der Waals surface area contributed by atoms with E-state index in [1.165, 1.54) is 25.9 Å². The molecule has 0 radical (unpaired) electrons. The highest BCUT2D eigenvalue weighted by Crippen LogP contribution is 2.19. The van der Waals surface area contributed by atoms with Crippen LogP contribution in [0.2, 0.25) is 0 Å². The Hall–Kier alpha value is -0.410. The standard InChI is InChI=1S/C13H26N2O/c1-5-15-8-6-12(7-9-15)14(4)10-13(2,3)11-16/h11-12H,5-10H2,1-4H3. The summed E-state index contributed by atoms with van der Waals surface area (Å²) in [6.45, 7) is 10.7. The fraction of sp³-hybridized carbons (Fsp3) is 0.923. The maximum absolute atomic E-state index is 10.9. The van der Waals surface area contributed by atoms with Crippen LogP contribution >= 0.6 is 0 Å². The summed E-state index contributed by atoms with van der Waals surface area (Å²) < 4.78 is 0. The molecule has 1 saturated heterocycles. The van der Waals surface area contributed by atoms with Crippen LogP contribution in [0.1, 0.15) is 33.6 Å². The second-order valence-electron chi connectivity index (χ2n) is 5.69. The minimum absolute atomic E-state index is 0.212. The van der Waals surface area contributed by atoms with Crippen LogP contribution in [0.5, 0.6) is 0 Å². The van der Waals surface area contributed by atoms with Gasteiger partial charge in [-0.05, 0) is 39.5 Å². The molecule has 0 unspecified atom stereocenters. The molecule has 16 heavy (non-hydrogen) atoms. The number of aldehydes is 1. The van der Waals surface area contributed by atoms with Crippen LogP contribution in [0, 0.1) is 5.41 Å². The van der Waals surface area contributed by atoms with Gasteiger partial charge in [-0.25, -0.2) is 0 Å². The monoisotopic (exact) mass is 226 g/mol. The van der Waals surface area contributed by atoms with E-state index in [1.807, 2.05) is 13.8 Å². The van der Waals surface area contributed by atoms with E-state index in [-0.39, 0.29) is 5.41 Å². The summed E-state index contributed by atoms with van der Waals surface area (Å²) in [5, 5.41) is 0. The molecule has 0 saturated carbocycles. The third kappa shape index (κ3) is 3.87. The van der Waals surface area contributed by atoms with Gasteiger partial charge in [-0.1, -0.05) is 20.8 Å². The summed E-state index contributed by atoms with van der Waals surface area (Å²) in [5.41, 5.74) is -0.212. The number of piperidine rings is 1. The van der Waals surface area contributed by atoms with Gasteiger partial charge in [0.2, 0.25) is 0 Å². The predicted molar refractivity (Wildman–Crippen MR) is 67.6 cm³/mol. The summed E-state index contributed by atoms with van der Waals surface area (Å²) in [7, 11) is 2.15. The van der Waals surface area contributed by atoms with E-state index in [0.717, 1.165) is 19.4 Å². The molecule has 0 aromatic heterocycles. The highest BCUT2D eigenvalue weighted by molar-refractivity contribution is 5.58. The molecule has 1 rings (SSSR count). The number of carbonyl (C=O) groups excluding carboxylic acids is 1. The van der Waals surface area contributed by atoms with E-state index in [9.17, 15) is 4.79 Å². The molecule has 3 nitrogen and oxygen atoms in total. The molecule has 0 atom stereocenters. The molecule has 1 fully saturated rings. The number of rotatable bonds is 5. The zero-order valence-electron chi connectivity index (χ0n) is 11.2. The summed E-state index contributed by atoms with van der Waals surface area (Å²) in [5.74, 6) is 0. The van der Waals surface area contributed by atoms with Crippen LogP contribution in [0.3, 0.4) is 0 Å². The van der Waals surface area contributed by atoms with E-state index in [2.05, 4.69) is 23.8 Å². The maximum Gasteiger partial charge on any atom is 0.126 e. The smallest absolute Gasteiger partial charge is 0.126 e. The number of nitrogens with zero attached hydrogens (tertiary/aromatic N) is 2. The Morgan fingerprint density at radius 2 is 1.94 bits per heavy atom. The van der Waals surface area contributed by atoms with Crippen LogP contribution in [-0.2, 0) is 4.79 Å². The highest BCUT2D eigenvalue weighted by atomic mass is 16.1. The molecular weight excluding hydrogens is 200 g/mol. The van der Waals surface area contributed by atoms with Crippen molar-refractivity contribution in [2.24, 2.45) is 5.41 Å². The molecule has 3 heteroatoms. The van der Waals surface area contributed by atoms with Crippen LogP contribution in [0.25, 0.3) is 0 Å². The molecule has 94 valence electrons. The molecule has 0 bridgehead atoms. The lowest BCUT2D eigenvalue weighted by Gasteiger charge is -2.38. The number of hydrogen-bond donors (Lipinski definition) is 0. The predicted octanol–water partition coefficient (Wildman–Crippen LogP) is 1.63. The van der Waals surface area contributed by atoms with Crippen molar-refractivity contribution < 1.29 is 4.79 Å². The molecular formula is C13H26N2O. The van der Waals surface area contributed by atoms with Crippen molar-refractivity contribution in [1.29, 1.82) is 0 Å². The van der Waals surface area contributed by atoms with Crippen molar-refractivity contribution in [1.82, 2.24) is 9.80 Å². The average molecular weight is 226 g/mol. The molecule has 0 amide bonds. The topological polar surface area (TPSA) is 23.6 Å². The largest absolute Gasteiger partial charge is 0.303 e. The molecule has 1 heterocycles. The highest BCUT2D eigenvalue weighted by Gasteiger charge is 2.26. The summed E-state index contributed by atoms with van der Waals surface area (Å²) >= 11 is 0. The maximum atomic E-state index is 10.9. The van der Waals surface area contributed by atoms with Gasteiger partial charge in [0.1, 0.15) is 6.29 Å². The molecule has 0 aromatic rings. The molecule has 0 aliphatic carbocycles. The lowest BCUT2D eigenvalue weighted by Crippen LogP contribution is -2.46. The van der Waals surface area contributed by atoms with Gasteiger partial charge < -0.3 is 14.6 Å². The lowest BCUT2D eigenvalue weighted by atomic mass is 9.93. The Kier molecular flexibility index (Phi) is 4.93. The van der Waals surface area contributed by atoms with Crippen molar-refractivity contribution in [3.05, 3.63) is 0 Å². The van der Waals surface area contributed by atoms with Gasteiger partial charge in [0.15, 0.2) is 0 Å². The van der Waals surface area contributed by atoms with Gasteiger partial charge >= 0.3 is 0 Å². The fourth-order valence-corrected chi connectivity index (χ4v) is 2.49. The number of carbonyl (C=O) groups is 1. The average Bonchev–Trinajstić information content (AvgIpc) is 2.28. The van der Waals surface area contributed by atoms with E-state index < -0.39 is 0 Å². The van der Waals surface area contributed by atoms with Crippen molar-refractivity contribution in [3.8, 4) is 0 Å². The first-order chi connectivity index (χ1) is 7.48. The zero-order valence-corrected chi connectivity index (χ0v) is 11.2. The third-order valence-corrected chi connectivity index (χ3v) is 3.60. The minimum Gasteiger partial charge on any atom is -0.303 e. The lowest BCUT2D eigenvalue weighted by molar-refractivity contribution is -0.115. The Bertz CT molecular complexity index is 220. The third-order valence-electron chi connectivity index (χ3n) is 3.60. The normalized spacial score (nSPS) is 20.3. The van der Waals surface area contributed by atoms with E-state index in [4.69, 9.17) is 0 Å². The van der Waals surface area contributed by atoms with Gasteiger partial charge in [0.25, 0.3) is 0 Å². The van der Waals surface area contributed by atoms with Crippen LogP contribution < -0.4 is 0 Å².